The highest BCUT2D eigenvalue weighted by molar-refractivity contribution is 7.12. The monoisotopic (exact) mass is 475 g/mol. The van der Waals surface area contributed by atoms with Crippen molar-refractivity contribution in [3.8, 4) is 5.75 Å². The summed E-state index contributed by atoms with van der Waals surface area (Å²) >= 11 is 1.41. The zero-order valence-corrected chi connectivity index (χ0v) is 19.4. The van der Waals surface area contributed by atoms with E-state index < -0.39 is 0 Å². The summed E-state index contributed by atoms with van der Waals surface area (Å²) < 4.78 is 11.0. The fraction of sp³-hybridized carbons (Fsp3) is 0.269. The molecule has 2 aromatic carbocycles. The molecule has 0 N–H and O–H groups in total. The van der Waals surface area contributed by atoms with E-state index in [9.17, 15) is 9.59 Å². The zero-order valence-electron chi connectivity index (χ0n) is 18.6. The summed E-state index contributed by atoms with van der Waals surface area (Å²) in [5.41, 5.74) is 2.86. The molecule has 3 aromatic rings. The van der Waals surface area contributed by atoms with E-state index in [1.54, 1.807) is 9.91 Å². The van der Waals surface area contributed by atoms with E-state index >= 15 is 0 Å². The van der Waals surface area contributed by atoms with Gasteiger partial charge in [-0.25, -0.2) is 5.01 Å². The van der Waals surface area contributed by atoms with Crippen LogP contribution in [0.1, 0.15) is 33.3 Å². The summed E-state index contributed by atoms with van der Waals surface area (Å²) in [5.74, 6) is 0.461. The third-order valence-electron chi connectivity index (χ3n) is 5.95. The number of morpholine rings is 1. The van der Waals surface area contributed by atoms with Crippen molar-refractivity contribution in [2.75, 3.05) is 32.9 Å². The van der Waals surface area contributed by atoms with Crippen LogP contribution in [0.25, 0.3) is 0 Å². The first-order valence-corrected chi connectivity index (χ1v) is 12.2. The highest BCUT2D eigenvalue weighted by Gasteiger charge is 2.34. The molecule has 34 heavy (non-hydrogen) atoms. The van der Waals surface area contributed by atoms with Crippen molar-refractivity contribution >= 4 is 28.9 Å². The summed E-state index contributed by atoms with van der Waals surface area (Å²) in [6, 6.07) is 21.0. The summed E-state index contributed by atoms with van der Waals surface area (Å²) in [4.78, 5) is 28.0. The lowest BCUT2D eigenvalue weighted by atomic mass is 9.98. The topological polar surface area (TPSA) is 71.4 Å². The van der Waals surface area contributed by atoms with Crippen LogP contribution in [-0.2, 0) is 9.53 Å². The van der Waals surface area contributed by atoms with Crippen molar-refractivity contribution in [2.45, 2.75) is 12.5 Å². The van der Waals surface area contributed by atoms with Crippen LogP contribution >= 0.6 is 11.3 Å². The molecule has 5 rings (SSSR count). The van der Waals surface area contributed by atoms with Gasteiger partial charge in [-0.05, 0) is 34.7 Å². The molecular formula is C26H25N3O4S. The molecular weight excluding hydrogens is 450 g/mol. The van der Waals surface area contributed by atoms with Crippen LogP contribution in [0, 0.1) is 0 Å². The lowest BCUT2D eigenvalue weighted by Gasteiger charge is -2.26. The number of hydrazone groups is 1. The number of nitrogens with zero attached hydrogens (tertiary/aromatic N) is 3. The minimum absolute atomic E-state index is 0.00691. The number of hydrogen-bond acceptors (Lipinski definition) is 6. The van der Waals surface area contributed by atoms with Crippen LogP contribution in [0.3, 0.4) is 0 Å². The van der Waals surface area contributed by atoms with Crippen LogP contribution in [0.5, 0.6) is 5.75 Å². The molecule has 1 unspecified atom stereocenters. The fourth-order valence-electron chi connectivity index (χ4n) is 4.11. The lowest BCUT2D eigenvalue weighted by Crippen LogP contribution is -2.42. The second-order valence-electron chi connectivity index (χ2n) is 8.11. The first kappa shape index (κ1) is 22.3. The quantitative estimate of drug-likeness (QED) is 0.541. The number of amides is 2. The van der Waals surface area contributed by atoms with Crippen molar-refractivity contribution < 1.29 is 19.1 Å². The molecule has 8 heteroatoms. The molecule has 0 radical (unpaired) electrons. The molecule has 3 heterocycles. The van der Waals surface area contributed by atoms with E-state index in [0.29, 0.717) is 43.4 Å². The van der Waals surface area contributed by atoms with Gasteiger partial charge in [0.1, 0.15) is 5.75 Å². The summed E-state index contributed by atoms with van der Waals surface area (Å²) in [6.07, 6.45) is 0.622. The van der Waals surface area contributed by atoms with E-state index in [2.05, 4.69) is 0 Å². The predicted molar refractivity (Wildman–Crippen MR) is 130 cm³/mol. The summed E-state index contributed by atoms with van der Waals surface area (Å²) in [5, 5.41) is 8.20. The zero-order chi connectivity index (χ0) is 23.3. The number of benzene rings is 2. The smallest absolute Gasteiger partial charge is 0.284 e. The van der Waals surface area contributed by atoms with Gasteiger partial charge in [-0.15, -0.1) is 11.3 Å². The molecule has 0 spiro atoms. The Kier molecular flexibility index (Phi) is 6.69. The van der Waals surface area contributed by atoms with Crippen LogP contribution in [0.15, 0.2) is 77.2 Å². The van der Waals surface area contributed by atoms with Crippen molar-refractivity contribution in [1.29, 1.82) is 0 Å². The van der Waals surface area contributed by atoms with E-state index in [4.69, 9.17) is 14.6 Å². The van der Waals surface area contributed by atoms with Crippen molar-refractivity contribution in [1.82, 2.24) is 9.91 Å². The highest BCUT2D eigenvalue weighted by atomic mass is 32.1. The van der Waals surface area contributed by atoms with Crippen LogP contribution in [0.4, 0.5) is 0 Å². The van der Waals surface area contributed by atoms with Gasteiger partial charge >= 0.3 is 0 Å². The van der Waals surface area contributed by atoms with Crippen molar-refractivity contribution in [2.24, 2.45) is 5.10 Å². The van der Waals surface area contributed by atoms with Gasteiger partial charge in [0, 0.05) is 19.5 Å². The summed E-state index contributed by atoms with van der Waals surface area (Å²) in [6.45, 7) is 2.32. The Morgan fingerprint density at radius 1 is 1.00 bits per heavy atom. The minimum Gasteiger partial charge on any atom is -0.484 e. The number of hydrogen-bond donors (Lipinski definition) is 0. The number of carbonyl (C=O) groups is 2. The third kappa shape index (κ3) is 4.88. The molecule has 1 atom stereocenters. The van der Waals surface area contributed by atoms with Gasteiger partial charge in [0.15, 0.2) is 6.61 Å². The Morgan fingerprint density at radius 3 is 2.47 bits per heavy atom. The molecule has 174 valence electrons. The molecule has 0 saturated carbocycles. The number of carbonyl (C=O) groups excluding carboxylic acids is 2. The molecule has 2 aliphatic heterocycles. The van der Waals surface area contributed by atoms with Gasteiger partial charge in [-0.2, -0.15) is 5.10 Å². The Balaban J connectivity index is 1.31. The Hall–Kier alpha value is -3.49. The molecule has 7 nitrogen and oxygen atoms in total. The normalized spacial score (nSPS) is 18.0. The molecule has 1 fully saturated rings. The Bertz CT molecular complexity index is 1160. The number of thiophene rings is 1. The fourth-order valence-corrected chi connectivity index (χ4v) is 4.77. The van der Waals surface area contributed by atoms with Gasteiger partial charge < -0.3 is 14.4 Å². The molecule has 0 bridgehead atoms. The molecule has 0 aliphatic carbocycles. The standard InChI is InChI=1S/C26H25N3O4S/c30-25(28-12-14-32-15-13-28)18-33-21-10-8-20(9-11-21)23-17-22(19-5-2-1-3-6-19)27-29(23)26(31)24-7-4-16-34-24/h1-11,16,23H,12-15,17-18H2. The van der Waals surface area contributed by atoms with E-state index in [1.807, 2.05) is 72.1 Å². The van der Waals surface area contributed by atoms with Gasteiger partial charge in [0.2, 0.25) is 0 Å². The average molecular weight is 476 g/mol. The Labute approximate surface area is 202 Å². The number of rotatable bonds is 6. The first-order chi connectivity index (χ1) is 16.7. The van der Waals surface area contributed by atoms with E-state index in [-0.39, 0.29) is 24.5 Å². The van der Waals surface area contributed by atoms with Crippen LogP contribution in [0.2, 0.25) is 0 Å². The van der Waals surface area contributed by atoms with Gasteiger partial charge in [0.25, 0.3) is 11.8 Å². The molecule has 2 aliphatic rings. The largest absolute Gasteiger partial charge is 0.484 e. The van der Waals surface area contributed by atoms with Gasteiger partial charge in [0.05, 0.1) is 29.8 Å². The van der Waals surface area contributed by atoms with Gasteiger partial charge in [-0.3, -0.25) is 9.59 Å². The average Bonchev–Trinajstić information content (AvgIpc) is 3.59. The highest BCUT2D eigenvalue weighted by Crippen LogP contribution is 2.35. The lowest BCUT2D eigenvalue weighted by molar-refractivity contribution is -0.137. The minimum atomic E-state index is -0.214. The molecule has 1 aromatic heterocycles. The van der Waals surface area contributed by atoms with E-state index in [0.717, 1.165) is 16.8 Å². The second-order valence-corrected chi connectivity index (χ2v) is 9.06. The molecule has 2 amide bonds. The van der Waals surface area contributed by atoms with Crippen molar-refractivity contribution in [3.63, 3.8) is 0 Å². The predicted octanol–water partition coefficient (Wildman–Crippen LogP) is 3.98. The van der Waals surface area contributed by atoms with Crippen LogP contribution in [-0.4, -0.2) is 60.3 Å². The van der Waals surface area contributed by atoms with E-state index in [1.165, 1.54) is 11.3 Å². The first-order valence-electron chi connectivity index (χ1n) is 11.3. The SMILES string of the molecule is O=C(COc1ccc(C2CC(c3ccccc3)=NN2C(=O)c2cccs2)cc1)N1CCOCC1. The molecule has 1 saturated heterocycles. The van der Waals surface area contributed by atoms with Gasteiger partial charge in [-0.1, -0.05) is 48.5 Å². The van der Waals surface area contributed by atoms with Crippen LogP contribution < -0.4 is 4.74 Å². The maximum atomic E-state index is 13.2. The Morgan fingerprint density at radius 2 is 1.76 bits per heavy atom. The second kappa shape index (κ2) is 10.2. The summed E-state index contributed by atoms with van der Waals surface area (Å²) in [7, 11) is 0. The van der Waals surface area contributed by atoms with Crippen molar-refractivity contribution in [3.05, 3.63) is 88.1 Å². The third-order valence-corrected chi connectivity index (χ3v) is 6.81. The maximum Gasteiger partial charge on any atom is 0.284 e. The number of ether oxygens (including phenoxy) is 2. The maximum absolute atomic E-state index is 13.2.